The summed E-state index contributed by atoms with van der Waals surface area (Å²) in [5.41, 5.74) is 1.16. The van der Waals surface area contributed by atoms with Crippen molar-refractivity contribution in [2.45, 2.75) is 57.4 Å². The first-order valence-corrected chi connectivity index (χ1v) is 11.5. The van der Waals surface area contributed by atoms with Crippen molar-refractivity contribution in [1.82, 2.24) is 9.62 Å². The molecule has 1 heterocycles. The Labute approximate surface area is 164 Å². The fourth-order valence-corrected chi connectivity index (χ4v) is 4.98. The molecule has 27 heavy (non-hydrogen) atoms. The van der Waals surface area contributed by atoms with Gasteiger partial charge in [0.1, 0.15) is 0 Å². The standard InChI is InChI=1S/C20H33N3O3S/c1-4-6-17(3)21-20(24)16-22-12-14-23(15-13-22)27(25,26)19-10-8-18(7-5-2)9-11-19/h8-11,17H,4-7,12-16H2,1-3H3,(H,21,24)/p+1/t17-/m0/s1. The molecule has 0 unspecified atom stereocenters. The van der Waals surface area contributed by atoms with Crippen LogP contribution in [-0.2, 0) is 21.2 Å². The van der Waals surface area contributed by atoms with E-state index in [2.05, 4.69) is 19.2 Å². The highest BCUT2D eigenvalue weighted by molar-refractivity contribution is 7.89. The van der Waals surface area contributed by atoms with Crippen molar-refractivity contribution in [2.75, 3.05) is 32.7 Å². The molecule has 1 aliphatic heterocycles. The van der Waals surface area contributed by atoms with E-state index in [0.717, 1.165) is 36.1 Å². The van der Waals surface area contributed by atoms with Crippen molar-refractivity contribution in [3.05, 3.63) is 29.8 Å². The normalized spacial score (nSPS) is 17.6. The highest BCUT2D eigenvalue weighted by Crippen LogP contribution is 2.17. The molecule has 1 atom stereocenters. The molecule has 0 bridgehead atoms. The lowest BCUT2D eigenvalue weighted by molar-refractivity contribution is -0.895. The maximum Gasteiger partial charge on any atom is 0.275 e. The number of piperazine rings is 1. The maximum absolute atomic E-state index is 12.8. The summed E-state index contributed by atoms with van der Waals surface area (Å²) in [6.07, 6.45) is 4.03. The Morgan fingerprint density at radius 3 is 2.33 bits per heavy atom. The molecule has 2 rings (SSSR count). The zero-order valence-corrected chi connectivity index (χ0v) is 17.6. The van der Waals surface area contributed by atoms with E-state index < -0.39 is 10.0 Å². The molecular formula is C20H34N3O3S+. The molecule has 0 aromatic heterocycles. The van der Waals surface area contributed by atoms with Gasteiger partial charge in [-0.25, -0.2) is 8.42 Å². The summed E-state index contributed by atoms with van der Waals surface area (Å²) in [6.45, 7) is 8.85. The minimum Gasteiger partial charge on any atom is -0.349 e. The lowest BCUT2D eigenvalue weighted by Crippen LogP contribution is -3.15. The Morgan fingerprint density at radius 2 is 1.78 bits per heavy atom. The summed E-state index contributed by atoms with van der Waals surface area (Å²) in [7, 11) is -3.45. The summed E-state index contributed by atoms with van der Waals surface area (Å²) in [5.74, 6) is 0.0498. The SMILES string of the molecule is CCCc1ccc(S(=O)(=O)N2CC[NH+](CC(=O)N[C@@H](C)CCC)CC2)cc1. The first kappa shape index (κ1) is 21.9. The fourth-order valence-electron chi connectivity index (χ4n) is 3.54. The average Bonchev–Trinajstić information content (AvgIpc) is 2.63. The molecule has 6 nitrogen and oxygen atoms in total. The molecule has 7 heteroatoms. The minimum atomic E-state index is -3.45. The number of sulfonamides is 1. The maximum atomic E-state index is 12.8. The van der Waals surface area contributed by atoms with Crippen LogP contribution in [0.2, 0.25) is 0 Å². The quantitative estimate of drug-likeness (QED) is 0.650. The van der Waals surface area contributed by atoms with Crippen LogP contribution in [0.5, 0.6) is 0 Å². The van der Waals surface area contributed by atoms with Gasteiger partial charge in [-0.15, -0.1) is 0 Å². The number of amides is 1. The van der Waals surface area contributed by atoms with E-state index in [4.69, 9.17) is 0 Å². The Balaban J connectivity index is 1.87. The molecule has 1 aromatic rings. The van der Waals surface area contributed by atoms with Crippen LogP contribution in [-0.4, -0.2) is 57.4 Å². The van der Waals surface area contributed by atoms with Gasteiger partial charge in [0.05, 0.1) is 31.1 Å². The highest BCUT2D eigenvalue weighted by Gasteiger charge is 2.31. The van der Waals surface area contributed by atoms with Crippen molar-refractivity contribution in [3.63, 3.8) is 0 Å². The van der Waals surface area contributed by atoms with E-state index in [9.17, 15) is 13.2 Å². The Hall–Kier alpha value is -1.44. The first-order valence-electron chi connectivity index (χ1n) is 10.1. The third kappa shape index (κ3) is 6.30. The van der Waals surface area contributed by atoms with Gasteiger partial charge >= 0.3 is 0 Å². The van der Waals surface area contributed by atoms with Crippen LogP contribution in [0.25, 0.3) is 0 Å². The lowest BCUT2D eigenvalue weighted by atomic mass is 10.1. The number of carbonyl (C=O) groups excluding carboxylic acids is 1. The van der Waals surface area contributed by atoms with Crippen LogP contribution >= 0.6 is 0 Å². The predicted molar refractivity (Wildman–Crippen MR) is 107 cm³/mol. The number of hydrogen-bond acceptors (Lipinski definition) is 3. The van der Waals surface area contributed by atoms with Gasteiger partial charge in [0, 0.05) is 6.04 Å². The van der Waals surface area contributed by atoms with Gasteiger partial charge in [-0.05, 0) is 37.5 Å². The van der Waals surface area contributed by atoms with Gasteiger partial charge in [-0.1, -0.05) is 38.8 Å². The summed E-state index contributed by atoms with van der Waals surface area (Å²) < 4.78 is 27.2. The second kappa shape index (κ2) is 10.2. The van der Waals surface area contributed by atoms with Gasteiger partial charge in [0.2, 0.25) is 10.0 Å². The van der Waals surface area contributed by atoms with E-state index in [1.165, 1.54) is 0 Å². The van der Waals surface area contributed by atoms with Crippen molar-refractivity contribution in [1.29, 1.82) is 0 Å². The van der Waals surface area contributed by atoms with Crippen molar-refractivity contribution < 1.29 is 18.1 Å². The molecule has 0 radical (unpaired) electrons. The second-order valence-electron chi connectivity index (χ2n) is 7.48. The highest BCUT2D eigenvalue weighted by atomic mass is 32.2. The molecule has 1 aliphatic rings. The summed E-state index contributed by atoms with van der Waals surface area (Å²) in [5, 5.41) is 3.02. The zero-order valence-electron chi connectivity index (χ0n) is 16.8. The fraction of sp³-hybridized carbons (Fsp3) is 0.650. The molecule has 1 aromatic carbocycles. The smallest absolute Gasteiger partial charge is 0.275 e. The molecule has 152 valence electrons. The molecular weight excluding hydrogens is 362 g/mol. The Bertz CT molecular complexity index is 696. The lowest BCUT2D eigenvalue weighted by Gasteiger charge is -2.31. The largest absolute Gasteiger partial charge is 0.349 e. The van der Waals surface area contributed by atoms with Crippen molar-refractivity contribution >= 4 is 15.9 Å². The number of hydrogen-bond donors (Lipinski definition) is 2. The third-order valence-corrected chi connectivity index (χ3v) is 6.98. The molecule has 1 amide bonds. The van der Waals surface area contributed by atoms with Crippen LogP contribution in [0.4, 0.5) is 0 Å². The Morgan fingerprint density at radius 1 is 1.15 bits per heavy atom. The molecule has 1 saturated heterocycles. The molecule has 0 aliphatic carbocycles. The number of nitrogens with one attached hydrogen (secondary N) is 2. The van der Waals surface area contributed by atoms with E-state index in [1.807, 2.05) is 19.1 Å². The van der Waals surface area contributed by atoms with Crippen LogP contribution in [0.1, 0.15) is 45.6 Å². The second-order valence-corrected chi connectivity index (χ2v) is 9.42. The number of carbonyl (C=O) groups is 1. The number of nitrogens with zero attached hydrogens (tertiary/aromatic N) is 1. The van der Waals surface area contributed by atoms with Crippen LogP contribution in [0, 0.1) is 0 Å². The predicted octanol–water partition coefficient (Wildman–Crippen LogP) is 0.833. The molecule has 2 N–H and O–H groups in total. The summed E-state index contributed by atoms with van der Waals surface area (Å²) in [4.78, 5) is 13.6. The van der Waals surface area contributed by atoms with E-state index in [0.29, 0.717) is 37.6 Å². The first-order chi connectivity index (χ1) is 12.9. The average molecular weight is 397 g/mol. The third-order valence-electron chi connectivity index (χ3n) is 5.07. The topological polar surface area (TPSA) is 70.9 Å². The summed E-state index contributed by atoms with van der Waals surface area (Å²) in [6, 6.07) is 7.42. The molecule has 1 fully saturated rings. The van der Waals surface area contributed by atoms with Crippen LogP contribution in [0.15, 0.2) is 29.2 Å². The molecule has 0 spiro atoms. The van der Waals surface area contributed by atoms with E-state index >= 15 is 0 Å². The van der Waals surface area contributed by atoms with E-state index in [1.54, 1.807) is 16.4 Å². The Kier molecular flexibility index (Phi) is 8.26. The van der Waals surface area contributed by atoms with E-state index in [-0.39, 0.29) is 11.9 Å². The zero-order chi connectivity index (χ0) is 19.9. The van der Waals surface area contributed by atoms with Crippen molar-refractivity contribution in [2.24, 2.45) is 0 Å². The van der Waals surface area contributed by atoms with Gasteiger partial charge in [0.25, 0.3) is 5.91 Å². The molecule has 0 saturated carbocycles. The number of quaternary nitrogens is 1. The van der Waals surface area contributed by atoms with Crippen LogP contribution in [0.3, 0.4) is 0 Å². The van der Waals surface area contributed by atoms with Crippen LogP contribution < -0.4 is 10.2 Å². The van der Waals surface area contributed by atoms with Gasteiger partial charge in [0.15, 0.2) is 6.54 Å². The minimum absolute atomic E-state index is 0.0498. The number of aryl methyl sites for hydroxylation is 1. The van der Waals surface area contributed by atoms with Gasteiger partial charge in [-0.2, -0.15) is 4.31 Å². The summed E-state index contributed by atoms with van der Waals surface area (Å²) >= 11 is 0. The number of rotatable bonds is 9. The van der Waals surface area contributed by atoms with Gasteiger partial charge < -0.3 is 10.2 Å². The number of benzene rings is 1. The monoisotopic (exact) mass is 396 g/mol. The van der Waals surface area contributed by atoms with Gasteiger partial charge in [-0.3, -0.25) is 4.79 Å². The van der Waals surface area contributed by atoms with Crippen molar-refractivity contribution in [3.8, 4) is 0 Å².